The molecule has 0 spiro atoms. The Bertz CT molecular complexity index is 1700. The van der Waals surface area contributed by atoms with Crippen LogP contribution in [0.3, 0.4) is 0 Å². The number of hydrogen-bond acceptors (Lipinski definition) is 7. The Morgan fingerprint density at radius 2 is 1.85 bits per heavy atom. The normalized spacial score (nSPS) is 12.9. The van der Waals surface area contributed by atoms with E-state index >= 15 is 0 Å². The van der Waals surface area contributed by atoms with Gasteiger partial charge in [0.25, 0.3) is 0 Å². The molecule has 3 aromatic carbocycles. The molecule has 1 aliphatic rings. The third kappa shape index (κ3) is 6.10. The van der Waals surface area contributed by atoms with Gasteiger partial charge in [0.05, 0.1) is 28.2 Å². The molecule has 0 atom stereocenters. The number of nitrogens with one attached hydrogen (secondary N) is 1. The van der Waals surface area contributed by atoms with Crippen molar-refractivity contribution in [2.75, 3.05) is 26.9 Å². The Hall–Kier alpha value is -3.57. The van der Waals surface area contributed by atoms with Gasteiger partial charge in [-0.1, -0.05) is 23.2 Å². The molecule has 1 aliphatic carbocycles. The van der Waals surface area contributed by atoms with Crippen molar-refractivity contribution in [1.29, 1.82) is 10.5 Å². The SMILES string of the molecule is CCOCCCNS(=O)(=O)c1ccc(Oc2c(Cl)c(Cl)cc3cc(C#N)c(C#N)c(C4=CC(OC)=CC4)c23)cc1. The largest absolute Gasteiger partial charge is 0.497 e. The number of methoxy groups -OCH3 is 1. The predicted octanol–water partition coefficient (Wildman–Crippen LogP) is 6.70. The molecular formula is C29H25Cl2N3O5S. The van der Waals surface area contributed by atoms with E-state index in [4.69, 9.17) is 37.4 Å². The van der Waals surface area contributed by atoms with E-state index < -0.39 is 10.0 Å². The minimum absolute atomic E-state index is 0.0682. The average Bonchev–Trinajstić information content (AvgIpc) is 3.43. The first-order chi connectivity index (χ1) is 19.2. The second-order valence-electron chi connectivity index (χ2n) is 8.70. The van der Waals surface area contributed by atoms with E-state index in [1.807, 2.05) is 13.0 Å². The van der Waals surface area contributed by atoms with Crippen LogP contribution in [0.15, 0.2) is 59.2 Å². The fraction of sp³-hybridized carbons (Fsp3) is 0.241. The van der Waals surface area contributed by atoms with Gasteiger partial charge in [-0.2, -0.15) is 10.5 Å². The van der Waals surface area contributed by atoms with E-state index in [1.54, 1.807) is 25.3 Å². The molecule has 1 N–H and O–H groups in total. The van der Waals surface area contributed by atoms with Crippen LogP contribution in [0.5, 0.6) is 11.5 Å². The predicted molar refractivity (Wildman–Crippen MR) is 154 cm³/mol. The van der Waals surface area contributed by atoms with Gasteiger partial charge in [0, 0.05) is 30.7 Å². The number of ether oxygens (including phenoxy) is 3. The zero-order chi connectivity index (χ0) is 28.9. The molecule has 40 heavy (non-hydrogen) atoms. The van der Waals surface area contributed by atoms with Crippen LogP contribution in [0.4, 0.5) is 0 Å². The molecule has 206 valence electrons. The number of benzene rings is 3. The lowest BCUT2D eigenvalue weighted by atomic mass is 9.89. The summed E-state index contributed by atoms with van der Waals surface area (Å²) in [7, 11) is -2.18. The van der Waals surface area contributed by atoms with E-state index in [-0.39, 0.29) is 38.4 Å². The van der Waals surface area contributed by atoms with Crippen LogP contribution in [0.2, 0.25) is 10.0 Å². The summed E-state index contributed by atoms with van der Waals surface area (Å²) in [6.45, 7) is 3.15. The third-order valence-corrected chi connectivity index (χ3v) is 8.47. The zero-order valence-corrected chi connectivity index (χ0v) is 24.1. The Morgan fingerprint density at radius 3 is 2.48 bits per heavy atom. The molecule has 8 nitrogen and oxygen atoms in total. The van der Waals surface area contributed by atoms with Gasteiger partial charge in [-0.25, -0.2) is 13.1 Å². The zero-order valence-electron chi connectivity index (χ0n) is 21.8. The quantitative estimate of drug-likeness (QED) is 0.244. The summed E-state index contributed by atoms with van der Waals surface area (Å²) in [6.07, 6.45) is 4.67. The van der Waals surface area contributed by atoms with Crippen molar-refractivity contribution in [2.45, 2.75) is 24.7 Å². The molecule has 0 fully saturated rings. The molecule has 4 rings (SSSR count). The minimum atomic E-state index is -3.73. The molecule has 0 radical (unpaired) electrons. The van der Waals surface area contributed by atoms with Crippen molar-refractivity contribution >= 4 is 49.6 Å². The van der Waals surface area contributed by atoms with Gasteiger partial charge >= 0.3 is 0 Å². The Kier molecular flexibility index (Phi) is 9.36. The molecule has 0 aliphatic heterocycles. The smallest absolute Gasteiger partial charge is 0.240 e. The number of fused-ring (bicyclic) bond motifs is 1. The summed E-state index contributed by atoms with van der Waals surface area (Å²) in [6, 6.07) is 13.3. The van der Waals surface area contributed by atoms with E-state index in [9.17, 15) is 18.9 Å². The monoisotopic (exact) mass is 597 g/mol. The Morgan fingerprint density at radius 1 is 1.10 bits per heavy atom. The maximum Gasteiger partial charge on any atom is 0.240 e. The molecule has 0 unspecified atom stereocenters. The molecule has 0 saturated heterocycles. The number of rotatable bonds is 11. The Balaban J connectivity index is 1.77. The summed E-state index contributed by atoms with van der Waals surface area (Å²) in [5, 5.41) is 21.2. The lowest BCUT2D eigenvalue weighted by Gasteiger charge is -2.18. The van der Waals surface area contributed by atoms with Gasteiger partial charge in [0.2, 0.25) is 10.0 Å². The van der Waals surface area contributed by atoms with Crippen LogP contribution in [-0.4, -0.2) is 35.3 Å². The van der Waals surface area contributed by atoms with Gasteiger partial charge in [-0.05, 0) is 79.3 Å². The van der Waals surface area contributed by atoms with Crippen molar-refractivity contribution < 1.29 is 22.6 Å². The molecule has 3 aromatic rings. The fourth-order valence-electron chi connectivity index (χ4n) is 4.33. The van der Waals surface area contributed by atoms with Gasteiger partial charge in [-0.3, -0.25) is 0 Å². The van der Waals surface area contributed by atoms with Crippen molar-refractivity contribution in [2.24, 2.45) is 0 Å². The van der Waals surface area contributed by atoms with E-state index in [0.717, 1.165) is 5.57 Å². The lowest BCUT2D eigenvalue weighted by Crippen LogP contribution is -2.25. The first-order valence-corrected chi connectivity index (χ1v) is 14.6. The third-order valence-electron chi connectivity index (χ3n) is 6.22. The summed E-state index contributed by atoms with van der Waals surface area (Å²) in [5.74, 6) is 1.10. The first kappa shape index (κ1) is 29.4. The highest BCUT2D eigenvalue weighted by atomic mass is 35.5. The molecular weight excluding hydrogens is 573 g/mol. The summed E-state index contributed by atoms with van der Waals surface area (Å²) < 4.78 is 44.7. The van der Waals surface area contributed by atoms with Crippen LogP contribution in [-0.2, 0) is 19.5 Å². The summed E-state index contributed by atoms with van der Waals surface area (Å²) in [4.78, 5) is 0.0682. The standard InChI is InChI=1S/C29H25Cl2N3O5S/c1-3-38-12-4-11-34-40(35,36)23-9-7-21(8-10-23)39-29-27-19(15-25(30)28(29)31)13-20(16-32)24(17-33)26(27)18-5-6-22(14-18)37-2/h6-10,13-15,34H,3-5,11-12H2,1-2H3. The van der Waals surface area contributed by atoms with E-state index in [2.05, 4.69) is 16.9 Å². The maximum absolute atomic E-state index is 12.7. The molecule has 0 heterocycles. The molecule has 11 heteroatoms. The highest BCUT2D eigenvalue weighted by Crippen LogP contribution is 2.47. The van der Waals surface area contributed by atoms with Crippen LogP contribution in [0.25, 0.3) is 16.3 Å². The number of sulfonamides is 1. The number of allylic oxidation sites excluding steroid dienone is 3. The van der Waals surface area contributed by atoms with Crippen molar-refractivity contribution in [3.05, 3.63) is 81.0 Å². The highest BCUT2D eigenvalue weighted by Gasteiger charge is 2.25. The highest BCUT2D eigenvalue weighted by molar-refractivity contribution is 7.89. The number of nitrogens with zero attached hydrogens (tertiary/aromatic N) is 2. The van der Waals surface area contributed by atoms with Crippen molar-refractivity contribution in [1.82, 2.24) is 4.72 Å². The summed E-state index contributed by atoms with van der Waals surface area (Å²) >= 11 is 13.1. The Labute approximate surface area is 243 Å². The van der Waals surface area contributed by atoms with E-state index in [1.165, 1.54) is 24.3 Å². The topological polar surface area (TPSA) is 121 Å². The lowest BCUT2D eigenvalue weighted by molar-refractivity contribution is 0.146. The molecule has 0 amide bonds. The molecule has 0 aromatic heterocycles. The van der Waals surface area contributed by atoms with Gasteiger partial charge in [0.15, 0.2) is 5.75 Å². The second kappa shape index (κ2) is 12.7. The number of nitriles is 2. The average molecular weight is 599 g/mol. The van der Waals surface area contributed by atoms with Crippen molar-refractivity contribution in [3.63, 3.8) is 0 Å². The molecule has 0 saturated carbocycles. The van der Waals surface area contributed by atoms with Crippen molar-refractivity contribution in [3.8, 4) is 23.6 Å². The van der Waals surface area contributed by atoms with E-state index in [0.29, 0.717) is 53.9 Å². The maximum atomic E-state index is 12.7. The van der Waals surface area contributed by atoms with Gasteiger partial charge in [0.1, 0.15) is 28.7 Å². The molecule has 0 bridgehead atoms. The first-order valence-electron chi connectivity index (χ1n) is 12.3. The second-order valence-corrected chi connectivity index (χ2v) is 11.3. The van der Waals surface area contributed by atoms with Crippen LogP contribution < -0.4 is 9.46 Å². The number of hydrogen-bond donors (Lipinski definition) is 1. The minimum Gasteiger partial charge on any atom is -0.497 e. The number of halogens is 2. The van der Waals surface area contributed by atoms with Gasteiger partial charge < -0.3 is 14.2 Å². The summed E-state index contributed by atoms with van der Waals surface area (Å²) in [5.41, 5.74) is 1.59. The van der Waals surface area contributed by atoms with Crippen LogP contribution >= 0.6 is 23.2 Å². The van der Waals surface area contributed by atoms with Crippen LogP contribution in [0, 0.1) is 22.7 Å². The fourth-order valence-corrected chi connectivity index (χ4v) is 5.80. The van der Waals surface area contributed by atoms with Gasteiger partial charge in [-0.15, -0.1) is 0 Å². The van der Waals surface area contributed by atoms with Crippen LogP contribution in [0.1, 0.15) is 36.5 Å².